The smallest absolute Gasteiger partial charge is 0.0286 e. The van der Waals surface area contributed by atoms with Crippen molar-refractivity contribution >= 4 is 11.9 Å². The summed E-state index contributed by atoms with van der Waals surface area (Å²) in [7, 11) is 0. The predicted octanol–water partition coefficient (Wildman–Crippen LogP) is 3.23. The molecule has 0 aliphatic carbocycles. The Labute approximate surface area is 85.1 Å². The Balaban J connectivity index is 2.92. The molecule has 72 valence electrons. The molecule has 1 aromatic carbocycles. The molecule has 13 heavy (non-hydrogen) atoms. The van der Waals surface area contributed by atoms with Crippen molar-refractivity contribution in [3.05, 3.63) is 28.8 Å². The summed E-state index contributed by atoms with van der Waals surface area (Å²) in [6.07, 6.45) is 0. The van der Waals surface area contributed by atoms with Crippen LogP contribution in [-0.2, 0) is 0 Å². The zero-order valence-electron chi connectivity index (χ0n) is 8.77. The maximum Gasteiger partial charge on any atom is 0.0286 e. The molecule has 0 saturated heterocycles. The number of hydrogen-bond donors (Lipinski definition) is 1. The molecule has 0 spiro atoms. The standard InChI is InChI=1S/C11H17NS/c1-5-12-13-11-9(3)6-8(2)7-10(11)4/h6-7,12H,5H2,1-4H3. The zero-order valence-corrected chi connectivity index (χ0v) is 9.59. The third kappa shape index (κ3) is 2.75. The van der Waals surface area contributed by atoms with E-state index >= 15 is 0 Å². The fourth-order valence-electron chi connectivity index (χ4n) is 1.47. The van der Waals surface area contributed by atoms with Gasteiger partial charge in [0.1, 0.15) is 0 Å². The van der Waals surface area contributed by atoms with E-state index in [2.05, 4.69) is 44.5 Å². The minimum Gasteiger partial charge on any atom is -0.260 e. The molecule has 0 heterocycles. The SMILES string of the molecule is CCNSc1c(C)cc(C)cc1C. The highest BCUT2D eigenvalue weighted by Crippen LogP contribution is 2.24. The van der Waals surface area contributed by atoms with Crippen LogP contribution in [0.2, 0.25) is 0 Å². The van der Waals surface area contributed by atoms with E-state index in [1.54, 1.807) is 11.9 Å². The summed E-state index contributed by atoms with van der Waals surface area (Å²) < 4.78 is 3.28. The monoisotopic (exact) mass is 195 g/mol. The highest BCUT2D eigenvalue weighted by atomic mass is 32.2. The quantitative estimate of drug-likeness (QED) is 0.743. The van der Waals surface area contributed by atoms with Crippen molar-refractivity contribution in [3.63, 3.8) is 0 Å². The van der Waals surface area contributed by atoms with Crippen LogP contribution < -0.4 is 4.72 Å². The molecule has 0 amide bonds. The fourth-order valence-corrected chi connectivity index (χ4v) is 2.20. The lowest BCUT2D eigenvalue weighted by atomic mass is 10.1. The largest absolute Gasteiger partial charge is 0.260 e. The normalized spacial score (nSPS) is 10.5. The highest BCUT2D eigenvalue weighted by molar-refractivity contribution is 7.97. The van der Waals surface area contributed by atoms with Crippen LogP contribution >= 0.6 is 11.9 Å². The van der Waals surface area contributed by atoms with Gasteiger partial charge in [-0.05, 0) is 43.8 Å². The topological polar surface area (TPSA) is 12.0 Å². The van der Waals surface area contributed by atoms with Crippen molar-refractivity contribution < 1.29 is 0 Å². The molecular weight excluding hydrogens is 178 g/mol. The van der Waals surface area contributed by atoms with Crippen molar-refractivity contribution in [2.75, 3.05) is 6.54 Å². The van der Waals surface area contributed by atoms with E-state index in [4.69, 9.17) is 0 Å². The second-order valence-electron chi connectivity index (χ2n) is 3.33. The molecule has 0 bridgehead atoms. The van der Waals surface area contributed by atoms with E-state index in [0.717, 1.165) is 6.54 Å². The average Bonchev–Trinajstić information content (AvgIpc) is 2.02. The van der Waals surface area contributed by atoms with Gasteiger partial charge in [0, 0.05) is 11.4 Å². The Morgan fingerprint density at radius 2 is 1.69 bits per heavy atom. The number of hydrogen-bond acceptors (Lipinski definition) is 2. The summed E-state index contributed by atoms with van der Waals surface area (Å²) in [6, 6.07) is 4.46. The molecule has 1 rings (SSSR count). The first-order valence-electron chi connectivity index (χ1n) is 4.62. The Bertz CT molecular complexity index is 271. The molecular formula is C11H17NS. The highest BCUT2D eigenvalue weighted by Gasteiger charge is 2.03. The third-order valence-electron chi connectivity index (χ3n) is 1.92. The fraction of sp³-hybridized carbons (Fsp3) is 0.455. The molecule has 1 nitrogen and oxygen atoms in total. The van der Waals surface area contributed by atoms with Crippen LogP contribution in [0.3, 0.4) is 0 Å². The molecule has 0 aliphatic rings. The van der Waals surface area contributed by atoms with Crippen LogP contribution in [0.1, 0.15) is 23.6 Å². The number of nitrogens with one attached hydrogen (secondary N) is 1. The van der Waals surface area contributed by atoms with Crippen LogP contribution in [0.4, 0.5) is 0 Å². The third-order valence-corrected chi connectivity index (χ3v) is 3.20. The van der Waals surface area contributed by atoms with Crippen molar-refractivity contribution in [1.29, 1.82) is 0 Å². The Morgan fingerprint density at radius 3 is 2.15 bits per heavy atom. The summed E-state index contributed by atoms with van der Waals surface area (Å²) in [5, 5.41) is 0. The summed E-state index contributed by atoms with van der Waals surface area (Å²) in [5.41, 5.74) is 4.07. The molecule has 0 aliphatic heterocycles. The first-order valence-corrected chi connectivity index (χ1v) is 5.44. The zero-order chi connectivity index (χ0) is 9.84. The van der Waals surface area contributed by atoms with E-state index in [-0.39, 0.29) is 0 Å². The van der Waals surface area contributed by atoms with Crippen molar-refractivity contribution in [2.45, 2.75) is 32.6 Å². The van der Waals surface area contributed by atoms with E-state index in [1.807, 2.05) is 0 Å². The molecule has 0 atom stereocenters. The molecule has 2 heteroatoms. The Hall–Kier alpha value is -0.470. The van der Waals surface area contributed by atoms with E-state index in [0.29, 0.717) is 0 Å². The first-order chi connectivity index (χ1) is 6.15. The van der Waals surface area contributed by atoms with Gasteiger partial charge in [-0.2, -0.15) is 0 Å². The summed E-state index contributed by atoms with van der Waals surface area (Å²) in [6.45, 7) is 9.59. The molecule has 1 N–H and O–H groups in total. The summed E-state index contributed by atoms with van der Waals surface area (Å²) in [4.78, 5) is 1.37. The van der Waals surface area contributed by atoms with Gasteiger partial charge in [0.25, 0.3) is 0 Å². The van der Waals surface area contributed by atoms with Gasteiger partial charge in [0.2, 0.25) is 0 Å². The Morgan fingerprint density at radius 1 is 1.15 bits per heavy atom. The van der Waals surface area contributed by atoms with Gasteiger partial charge in [0.15, 0.2) is 0 Å². The molecule has 0 unspecified atom stereocenters. The van der Waals surface area contributed by atoms with Crippen molar-refractivity contribution in [1.82, 2.24) is 4.72 Å². The number of aryl methyl sites for hydroxylation is 3. The van der Waals surface area contributed by atoms with Gasteiger partial charge in [-0.3, -0.25) is 4.72 Å². The molecule has 0 aromatic heterocycles. The maximum atomic E-state index is 3.28. The van der Waals surface area contributed by atoms with E-state index < -0.39 is 0 Å². The molecule has 0 saturated carbocycles. The average molecular weight is 195 g/mol. The molecule has 0 radical (unpaired) electrons. The van der Waals surface area contributed by atoms with Crippen LogP contribution in [0, 0.1) is 20.8 Å². The summed E-state index contributed by atoms with van der Waals surface area (Å²) >= 11 is 1.73. The van der Waals surface area contributed by atoms with Crippen molar-refractivity contribution in [2.24, 2.45) is 0 Å². The molecule has 0 fully saturated rings. The first kappa shape index (κ1) is 10.6. The lowest BCUT2D eigenvalue weighted by Crippen LogP contribution is -2.02. The van der Waals surface area contributed by atoms with Gasteiger partial charge in [-0.1, -0.05) is 24.6 Å². The second kappa shape index (κ2) is 4.68. The maximum absolute atomic E-state index is 3.28. The van der Waals surface area contributed by atoms with Crippen molar-refractivity contribution in [3.8, 4) is 0 Å². The van der Waals surface area contributed by atoms with Gasteiger partial charge >= 0.3 is 0 Å². The minimum atomic E-state index is 0.997. The van der Waals surface area contributed by atoms with E-state index in [1.165, 1.54) is 21.6 Å². The van der Waals surface area contributed by atoms with Crippen LogP contribution in [0.15, 0.2) is 17.0 Å². The Kier molecular flexibility index (Phi) is 3.82. The number of rotatable bonds is 3. The lowest BCUT2D eigenvalue weighted by molar-refractivity contribution is 1.03. The van der Waals surface area contributed by atoms with Crippen LogP contribution in [0.5, 0.6) is 0 Å². The van der Waals surface area contributed by atoms with E-state index in [9.17, 15) is 0 Å². The predicted molar refractivity (Wildman–Crippen MR) is 60.2 cm³/mol. The molecule has 1 aromatic rings. The van der Waals surface area contributed by atoms with Gasteiger partial charge < -0.3 is 0 Å². The van der Waals surface area contributed by atoms with Crippen LogP contribution in [0.25, 0.3) is 0 Å². The van der Waals surface area contributed by atoms with Gasteiger partial charge in [-0.25, -0.2) is 0 Å². The van der Waals surface area contributed by atoms with Gasteiger partial charge in [-0.15, -0.1) is 0 Å². The summed E-state index contributed by atoms with van der Waals surface area (Å²) in [5.74, 6) is 0. The second-order valence-corrected chi connectivity index (χ2v) is 4.23. The van der Waals surface area contributed by atoms with Gasteiger partial charge in [0.05, 0.1) is 0 Å². The lowest BCUT2D eigenvalue weighted by Gasteiger charge is -2.10. The van der Waals surface area contributed by atoms with Crippen LogP contribution in [-0.4, -0.2) is 6.54 Å². The number of benzene rings is 1. The minimum absolute atomic E-state index is 0.997.